The first-order valence-electron chi connectivity index (χ1n) is 5.36. The molecular formula is C12H12BrF2N3. The largest absolute Gasteiger partial charge is 0.337 e. The molecule has 1 aromatic heterocycles. The number of nitrogens with two attached hydrogens (primary N) is 1. The van der Waals surface area contributed by atoms with Crippen LogP contribution in [0, 0.1) is 11.6 Å². The zero-order chi connectivity index (χ0) is 13.3. The van der Waals surface area contributed by atoms with Gasteiger partial charge in [0, 0.05) is 31.4 Å². The molecule has 3 nitrogen and oxygen atoms in total. The number of aryl methyl sites for hydroxylation is 1. The van der Waals surface area contributed by atoms with Crippen LogP contribution in [-0.2, 0) is 13.5 Å². The van der Waals surface area contributed by atoms with E-state index in [0.717, 1.165) is 0 Å². The van der Waals surface area contributed by atoms with Crippen LogP contribution in [0.25, 0.3) is 0 Å². The molecule has 0 amide bonds. The van der Waals surface area contributed by atoms with Gasteiger partial charge in [0.1, 0.15) is 17.5 Å². The molecule has 0 aliphatic rings. The highest BCUT2D eigenvalue weighted by molar-refractivity contribution is 9.10. The normalized spacial score (nSPS) is 12.7. The molecule has 0 saturated carbocycles. The van der Waals surface area contributed by atoms with Gasteiger partial charge in [0.05, 0.1) is 10.5 Å². The van der Waals surface area contributed by atoms with Gasteiger partial charge in [0.2, 0.25) is 0 Å². The van der Waals surface area contributed by atoms with Gasteiger partial charge in [-0.3, -0.25) is 0 Å². The van der Waals surface area contributed by atoms with Crippen LogP contribution in [0.4, 0.5) is 8.78 Å². The Morgan fingerprint density at radius 2 is 2.17 bits per heavy atom. The van der Waals surface area contributed by atoms with E-state index in [0.29, 0.717) is 5.82 Å². The van der Waals surface area contributed by atoms with E-state index in [-0.39, 0.29) is 16.5 Å². The predicted octanol–water partition coefficient (Wildman–Crippen LogP) is 2.70. The molecule has 0 saturated heterocycles. The van der Waals surface area contributed by atoms with Crippen molar-refractivity contribution in [2.45, 2.75) is 12.5 Å². The molecule has 0 radical (unpaired) electrons. The lowest BCUT2D eigenvalue weighted by atomic mass is 10.0. The second-order valence-electron chi connectivity index (χ2n) is 4.03. The van der Waals surface area contributed by atoms with Gasteiger partial charge < -0.3 is 10.3 Å². The molecule has 2 N–H and O–H groups in total. The Hall–Kier alpha value is -1.27. The fourth-order valence-corrected chi connectivity index (χ4v) is 2.17. The summed E-state index contributed by atoms with van der Waals surface area (Å²) in [5, 5.41) is 0. The third kappa shape index (κ3) is 2.44. The maximum absolute atomic E-state index is 13.8. The number of imidazole rings is 1. The van der Waals surface area contributed by atoms with E-state index in [9.17, 15) is 8.78 Å². The lowest BCUT2D eigenvalue weighted by Gasteiger charge is -2.13. The summed E-state index contributed by atoms with van der Waals surface area (Å²) >= 11 is 3.03. The van der Waals surface area contributed by atoms with E-state index in [1.165, 1.54) is 12.1 Å². The predicted molar refractivity (Wildman–Crippen MR) is 67.9 cm³/mol. The average Bonchev–Trinajstić information content (AvgIpc) is 2.76. The van der Waals surface area contributed by atoms with Crippen molar-refractivity contribution >= 4 is 15.9 Å². The molecule has 18 heavy (non-hydrogen) atoms. The molecule has 2 rings (SSSR count). The molecule has 0 spiro atoms. The molecule has 6 heteroatoms. The summed E-state index contributed by atoms with van der Waals surface area (Å²) in [5.74, 6) is -0.617. The van der Waals surface area contributed by atoms with Crippen molar-refractivity contribution in [1.29, 1.82) is 0 Å². The second-order valence-corrected chi connectivity index (χ2v) is 4.88. The summed E-state index contributed by atoms with van der Waals surface area (Å²) in [6, 6.07) is 2.00. The van der Waals surface area contributed by atoms with Crippen molar-refractivity contribution in [2.24, 2.45) is 12.8 Å². The minimum Gasteiger partial charge on any atom is -0.337 e. The SMILES string of the molecule is Cn1ccnc1C(N)Cc1c(F)ccc(Br)c1F. The average molecular weight is 316 g/mol. The van der Waals surface area contributed by atoms with Gasteiger partial charge in [-0.15, -0.1) is 0 Å². The van der Waals surface area contributed by atoms with Crippen molar-refractivity contribution in [1.82, 2.24) is 9.55 Å². The van der Waals surface area contributed by atoms with Crippen molar-refractivity contribution < 1.29 is 8.78 Å². The van der Waals surface area contributed by atoms with E-state index in [1.807, 2.05) is 0 Å². The fraction of sp³-hybridized carbons (Fsp3) is 0.250. The van der Waals surface area contributed by atoms with Crippen molar-refractivity contribution in [3.8, 4) is 0 Å². The number of benzene rings is 1. The number of rotatable bonds is 3. The Balaban J connectivity index is 2.30. The van der Waals surface area contributed by atoms with Crippen LogP contribution < -0.4 is 5.73 Å². The van der Waals surface area contributed by atoms with Crippen molar-refractivity contribution in [3.63, 3.8) is 0 Å². The van der Waals surface area contributed by atoms with Gasteiger partial charge >= 0.3 is 0 Å². The van der Waals surface area contributed by atoms with Gasteiger partial charge in [-0.05, 0) is 28.1 Å². The van der Waals surface area contributed by atoms with Crippen LogP contribution in [0.5, 0.6) is 0 Å². The highest BCUT2D eigenvalue weighted by Crippen LogP contribution is 2.25. The molecular weight excluding hydrogens is 304 g/mol. The Labute approximate surface area is 112 Å². The first kappa shape index (κ1) is 13.2. The zero-order valence-corrected chi connectivity index (χ0v) is 11.3. The third-order valence-electron chi connectivity index (χ3n) is 2.75. The smallest absolute Gasteiger partial charge is 0.143 e. The summed E-state index contributed by atoms with van der Waals surface area (Å²) in [6.07, 6.45) is 3.40. The molecule has 0 fully saturated rings. The Morgan fingerprint density at radius 1 is 1.44 bits per heavy atom. The van der Waals surface area contributed by atoms with Gasteiger partial charge in [0.25, 0.3) is 0 Å². The molecule has 1 unspecified atom stereocenters. The van der Waals surface area contributed by atoms with Crippen molar-refractivity contribution in [3.05, 3.63) is 52.0 Å². The van der Waals surface area contributed by atoms with Gasteiger partial charge in [0.15, 0.2) is 0 Å². The number of hydrogen-bond acceptors (Lipinski definition) is 2. The van der Waals surface area contributed by atoms with Crippen LogP contribution in [-0.4, -0.2) is 9.55 Å². The Morgan fingerprint density at radius 3 is 2.78 bits per heavy atom. The van der Waals surface area contributed by atoms with Crippen LogP contribution in [0.2, 0.25) is 0 Å². The topological polar surface area (TPSA) is 43.8 Å². The minimum absolute atomic E-state index is 0.0279. The quantitative estimate of drug-likeness (QED) is 0.885. The van der Waals surface area contributed by atoms with E-state index < -0.39 is 17.7 Å². The molecule has 0 bridgehead atoms. The van der Waals surface area contributed by atoms with Gasteiger partial charge in [-0.2, -0.15) is 0 Å². The van der Waals surface area contributed by atoms with Crippen LogP contribution in [0.3, 0.4) is 0 Å². The highest BCUT2D eigenvalue weighted by Gasteiger charge is 2.18. The molecule has 96 valence electrons. The maximum Gasteiger partial charge on any atom is 0.143 e. The summed E-state index contributed by atoms with van der Waals surface area (Å²) in [6.45, 7) is 0. The molecule has 0 aliphatic heterocycles. The Kier molecular flexibility index (Phi) is 3.77. The number of aromatic nitrogens is 2. The molecule has 1 atom stereocenters. The van der Waals surface area contributed by atoms with Crippen LogP contribution >= 0.6 is 15.9 Å². The summed E-state index contributed by atoms with van der Waals surface area (Å²) in [5.41, 5.74) is 5.90. The summed E-state index contributed by atoms with van der Waals surface area (Å²) in [7, 11) is 1.79. The number of hydrogen-bond donors (Lipinski definition) is 1. The van der Waals surface area contributed by atoms with E-state index in [2.05, 4.69) is 20.9 Å². The first-order valence-corrected chi connectivity index (χ1v) is 6.15. The summed E-state index contributed by atoms with van der Waals surface area (Å²) in [4.78, 5) is 4.07. The third-order valence-corrected chi connectivity index (χ3v) is 3.37. The maximum atomic E-state index is 13.8. The van der Waals surface area contributed by atoms with Crippen LogP contribution in [0.15, 0.2) is 29.0 Å². The molecule has 1 heterocycles. The molecule has 0 aliphatic carbocycles. The van der Waals surface area contributed by atoms with E-state index >= 15 is 0 Å². The fourth-order valence-electron chi connectivity index (χ4n) is 1.80. The van der Waals surface area contributed by atoms with Crippen LogP contribution in [0.1, 0.15) is 17.4 Å². The number of nitrogens with zero attached hydrogens (tertiary/aromatic N) is 2. The first-order chi connectivity index (χ1) is 8.50. The van der Waals surface area contributed by atoms with Crippen molar-refractivity contribution in [2.75, 3.05) is 0 Å². The number of halogens is 3. The van der Waals surface area contributed by atoms with Gasteiger partial charge in [-0.1, -0.05) is 0 Å². The monoisotopic (exact) mass is 315 g/mol. The van der Waals surface area contributed by atoms with E-state index in [1.54, 1.807) is 24.0 Å². The second kappa shape index (κ2) is 5.16. The van der Waals surface area contributed by atoms with E-state index in [4.69, 9.17) is 5.73 Å². The Bertz CT molecular complexity index is 568. The zero-order valence-electron chi connectivity index (χ0n) is 9.70. The standard InChI is InChI=1S/C12H12BrF2N3/c1-18-5-4-17-12(18)10(16)6-7-9(14)3-2-8(13)11(7)15/h2-5,10H,6,16H2,1H3. The van der Waals surface area contributed by atoms with Gasteiger partial charge in [-0.25, -0.2) is 13.8 Å². The molecule has 2 aromatic rings. The summed E-state index contributed by atoms with van der Waals surface area (Å²) < 4.78 is 29.3. The minimum atomic E-state index is -0.611. The lowest BCUT2D eigenvalue weighted by Crippen LogP contribution is -2.19. The lowest BCUT2D eigenvalue weighted by molar-refractivity contribution is 0.526. The molecule has 1 aromatic carbocycles. The highest BCUT2D eigenvalue weighted by atomic mass is 79.9.